The van der Waals surface area contributed by atoms with Gasteiger partial charge in [-0.15, -0.1) is 11.8 Å². The molecule has 0 aliphatic heterocycles. The number of aromatic amines is 1. The lowest BCUT2D eigenvalue weighted by Gasteiger charge is -2.02. The summed E-state index contributed by atoms with van der Waals surface area (Å²) >= 11 is 7.55. The van der Waals surface area contributed by atoms with Crippen LogP contribution in [0.15, 0.2) is 46.1 Å². The molecule has 1 N–H and O–H groups in total. The fourth-order valence-corrected chi connectivity index (χ4v) is 3.05. The van der Waals surface area contributed by atoms with Crippen molar-refractivity contribution in [3.63, 3.8) is 0 Å². The highest BCUT2D eigenvalue weighted by molar-refractivity contribution is 7.98. The van der Waals surface area contributed by atoms with E-state index in [0.29, 0.717) is 16.4 Å². The summed E-state index contributed by atoms with van der Waals surface area (Å²) in [5, 5.41) is 3.66. The number of fused-ring (bicyclic) bond motifs is 1. The lowest BCUT2D eigenvalue weighted by atomic mass is 10.4. The van der Waals surface area contributed by atoms with E-state index in [0.717, 1.165) is 16.3 Å². The van der Waals surface area contributed by atoms with Crippen LogP contribution in [-0.2, 0) is 5.75 Å². The van der Waals surface area contributed by atoms with Crippen molar-refractivity contribution in [1.29, 1.82) is 0 Å². The van der Waals surface area contributed by atoms with Crippen LogP contribution in [0.25, 0.3) is 5.65 Å². The molecule has 0 radical (unpaired) electrons. The summed E-state index contributed by atoms with van der Waals surface area (Å²) in [4.78, 5) is 17.5. The van der Waals surface area contributed by atoms with Crippen LogP contribution in [0.3, 0.4) is 0 Å². The summed E-state index contributed by atoms with van der Waals surface area (Å²) in [5.41, 5.74) is 2.23. The highest BCUT2D eigenvalue weighted by atomic mass is 35.5. The van der Waals surface area contributed by atoms with Crippen molar-refractivity contribution in [3.05, 3.63) is 63.2 Å². The SMILES string of the molecule is Cc1cc2nc(CSc3cccc(Cl)c3)cc(=O)n2[nH]1. The van der Waals surface area contributed by atoms with Crippen LogP contribution in [0.2, 0.25) is 5.02 Å². The lowest BCUT2D eigenvalue weighted by Crippen LogP contribution is -2.15. The molecule has 0 bridgehead atoms. The van der Waals surface area contributed by atoms with Gasteiger partial charge >= 0.3 is 0 Å². The molecule has 0 aliphatic carbocycles. The molecule has 0 amide bonds. The maximum Gasteiger partial charge on any atom is 0.272 e. The first kappa shape index (κ1) is 13.3. The van der Waals surface area contributed by atoms with Gasteiger partial charge in [-0.05, 0) is 25.1 Å². The maximum absolute atomic E-state index is 11.9. The quantitative estimate of drug-likeness (QED) is 0.756. The van der Waals surface area contributed by atoms with Crippen LogP contribution in [0, 0.1) is 6.92 Å². The van der Waals surface area contributed by atoms with Crippen LogP contribution in [0.4, 0.5) is 0 Å². The van der Waals surface area contributed by atoms with Crippen LogP contribution in [0.5, 0.6) is 0 Å². The molecule has 0 fully saturated rings. The van der Waals surface area contributed by atoms with E-state index in [2.05, 4.69) is 10.1 Å². The standard InChI is InChI=1S/C14H12ClN3OS/c1-9-5-13-16-11(7-14(19)18(13)17-9)8-20-12-4-2-3-10(15)6-12/h2-7,17H,8H2,1H3. The highest BCUT2D eigenvalue weighted by Gasteiger charge is 2.05. The Labute approximate surface area is 124 Å². The fraction of sp³-hybridized carbons (Fsp3) is 0.143. The summed E-state index contributed by atoms with van der Waals surface area (Å²) in [6.07, 6.45) is 0. The highest BCUT2D eigenvalue weighted by Crippen LogP contribution is 2.24. The molecule has 2 heterocycles. The second-order valence-corrected chi connectivity index (χ2v) is 5.95. The average Bonchev–Trinajstić information content (AvgIpc) is 2.78. The predicted octanol–water partition coefficient (Wildman–Crippen LogP) is 3.28. The monoisotopic (exact) mass is 305 g/mol. The Bertz CT molecular complexity index is 825. The number of benzene rings is 1. The second kappa shape index (κ2) is 5.34. The van der Waals surface area contributed by atoms with Crippen LogP contribution in [0.1, 0.15) is 11.4 Å². The topological polar surface area (TPSA) is 50.2 Å². The van der Waals surface area contributed by atoms with E-state index in [1.807, 2.05) is 37.3 Å². The smallest absolute Gasteiger partial charge is 0.272 e. The Morgan fingerprint density at radius 2 is 2.20 bits per heavy atom. The molecule has 0 saturated carbocycles. The Morgan fingerprint density at radius 3 is 3.00 bits per heavy atom. The van der Waals surface area contributed by atoms with Crippen molar-refractivity contribution in [2.75, 3.05) is 0 Å². The summed E-state index contributed by atoms with van der Waals surface area (Å²) in [6, 6.07) is 11.0. The Hall–Kier alpha value is -1.72. The molecule has 102 valence electrons. The van der Waals surface area contributed by atoms with Crippen molar-refractivity contribution >= 4 is 29.0 Å². The van der Waals surface area contributed by atoms with Gasteiger partial charge in [-0.25, -0.2) is 9.50 Å². The molecule has 1 aromatic carbocycles. The summed E-state index contributed by atoms with van der Waals surface area (Å²) in [6.45, 7) is 1.90. The number of aryl methyl sites for hydroxylation is 1. The second-order valence-electron chi connectivity index (χ2n) is 4.46. The van der Waals surface area contributed by atoms with Crippen molar-refractivity contribution in [3.8, 4) is 0 Å². The molecule has 3 aromatic rings. The lowest BCUT2D eigenvalue weighted by molar-refractivity contribution is 0.872. The number of hydrogen-bond donors (Lipinski definition) is 1. The number of rotatable bonds is 3. The molecule has 20 heavy (non-hydrogen) atoms. The molecule has 0 atom stereocenters. The zero-order valence-corrected chi connectivity index (χ0v) is 12.3. The number of nitrogens with one attached hydrogen (secondary N) is 1. The van der Waals surface area contributed by atoms with Gasteiger partial charge in [0.05, 0.1) is 5.69 Å². The zero-order chi connectivity index (χ0) is 14.1. The van der Waals surface area contributed by atoms with Crippen LogP contribution >= 0.6 is 23.4 Å². The van der Waals surface area contributed by atoms with Gasteiger partial charge in [0.15, 0.2) is 5.65 Å². The molecule has 2 aromatic heterocycles. The first-order valence-corrected chi connectivity index (χ1v) is 7.45. The van der Waals surface area contributed by atoms with E-state index in [4.69, 9.17) is 11.6 Å². The number of halogens is 1. The minimum absolute atomic E-state index is 0.0928. The number of nitrogens with zero attached hydrogens (tertiary/aromatic N) is 2. The molecular formula is C14H12ClN3OS. The van der Waals surface area contributed by atoms with Gasteiger partial charge in [-0.2, -0.15) is 0 Å². The van der Waals surface area contributed by atoms with E-state index < -0.39 is 0 Å². The van der Waals surface area contributed by atoms with Crippen molar-refractivity contribution in [2.45, 2.75) is 17.6 Å². The van der Waals surface area contributed by atoms with E-state index >= 15 is 0 Å². The first-order valence-electron chi connectivity index (χ1n) is 6.08. The Kier molecular flexibility index (Phi) is 3.54. The summed E-state index contributed by atoms with van der Waals surface area (Å²) in [5.74, 6) is 0.635. The molecule has 0 spiro atoms. The minimum Gasteiger partial charge on any atom is -0.294 e. The summed E-state index contributed by atoms with van der Waals surface area (Å²) in [7, 11) is 0. The van der Waals surface area contributed by atoms with Crippen molar-refractivity contribution in [2.24, 2.45) is 0 Å². The zero-order valence-electron chi connectivity index (χ0n) is 10.8. The normalized spacial score (nSPS) is 11.1. The van der Waals surface area contributed by atoms with Gasteiger partial charge in [0, 0.05) is 33.5 Å². The van der Waals surface area contributed by atoms with E-state index in [1.165, 1.54) is 4.52 Å². The van der Waals surface area contributed by atoms with E-state index in [9.17, 15) is 4.79 Å². The third-order valence-electron chi connectivity index (χ3n) is 2.81. The predicted molar refractivity (Wildman–Crippen MR) is 81.6 cm³/mol. The molecule has 0 unspecified atom stereocenters. The number of hydrogen-bond acceptors (Lipinski definition) is 3. The molecule has 6 heteroatoms. The minimum atomic E-state index is -0.0928. The van der Waals surface area contributed by atoms with Gasteiger partial charge < -0.3 is 0 Å². The molecule has 0 aliphatic rings. The van der Waals surface area contributed by atoms with Crippen LogP contribution < -0.4 is 5.56 Å². The van der Waals surface area contributed by atoms with Gasteiger partial charge in [-0.1, -0.05) is 17.7 Å². The van der Waals surface area contributed by atoms with Gasteiger partial charge in [-0.3, -0.25) is 9.89 Å². The third kappa shape index (κ3) is 2.73. The largest absolute Gasteiger partial charge is 0.294 e. The molecular weight excluding hydrogens is 294 g/mol. The van der Waals surface area contributed by atoms with Crippen molar-refractivity contribution < 1.29 is 0 Å². The van der Waals surface area contributed by atoms with Gasteiger partial charge in [0.1, 0.15) is 0 Å². The Balaban J connectivity index is 1.86. The average molecular weight is 306 g/mol. The number of aromatic nitrogens is 3. The Morgan fingerprint density at radius 1 is 1.35 bits per heavy atom. The van der Waals surface area contributed by atoms with Gasteiger partial charge in [0.2, 0.25) is 0 Å². The van der Waals surface area contributed by atoms with E-state index in [1.54, 1.807) is 17.8 Å². The molecule has 0 saturated heterocycles. The fourth-order valence-electron chi connectivity index (χ4n) is 1.95. The summed E-state index contributed by atoms with van der Waals surface area (Å²) < 4.78 is 1.45. The molecule has 3 rings (SSSR count). The van der Waals surface area contributed by atoms with Gasteiger partial charge in [0.25, 0.3) is 5.56 Å². The van der Waals surface area contributed by atoms with Crippen molar-refractivity contribution in [1.82, 2.24) is 14.6 Å². The van der Waals surface area contributed by atoms with Crippen LogP contribution in [-0.4, -0.2) is 14.6 Å². The first-order chi connectivity index (χ1) is 9.61. The van der Waals surface area contributed by atoms with E-state index in [-0.39, 0.29) is 5.56 Å². The number of thioether (sulfide) groups is 1. The molecule has 4 nitrogen and oxygen atoms in total. The number of H-pyrrole nitrogens is 1. The maximum atomic E-state index is 11.9. The third-order valence-corrected chi connectivity index (χ3v) is 4.08.